The average Bonchev–Trinajstić information content (AvgIpc) is 3.18. The Morgan fingerprint density at radius 1 is 0.600 bits per heavy atom. The topological polar surface area (TPSA) is 149 Å². The van der Waals surface area contributed by atoms with Gasteiger partial charge in [0, 0.05) is 6.42 Å². The van der Waals surface area contributed by atoms with Crippen molar-refractivity contribution in [3.8, 4) is 0 Å². The molecule has 1 aliphatic rings. The van der Waals surface area contributed by atoms with Crippen molar-refractivity contribution in [2.45, 2.75) is 262 Å². The lowest BCUT2D eigenvalue weighted by molar-refractivity contribution is -0.302. The highest BCUT2D eigenvalue weighted by molar-refractivity contribution is 5.76. The maximum absolute atomic E-state index is 12.9. The Hall–Kier alpha value is -1.07. The van der Waals surface area contributed by atoms with Crippen molar-refractivity contribution >= 4 is 5.91 Å². The molecule has 0 aromatic carbocycles. The number of aliphatic hydroxyl groups excluding tert-OH is 5. The molecule has 1 aliphatic heterocycles. The number of hydrogen-bond acceptors (Lipinski definition) is 8. The number of nitrogens with one attached hydrogen (secondary N) is 1. The van der Waals surface area contributed by atoms with Crippen LogP contribution in [0.4, 0.5) is 0 Å². The van der Waals surface area contributed by atoms with E-state index in [-0.39, 0.29) is 12.5 Å². The largest absolute Gasteiger partial charge is 0.394 e. The molecule has 0 saturated carbocycles. The van der Waals surface area contributed by atoms with Crippen LogP contribution in [0.5, 0.6) is 0 Å². The van der Waals surface area contributed by atoms with Crippen LogP contribution in [0.15, 0.2) is 12.2 Å². The normalized spacial score (nSPS) is 21.3. The van der Waals surface area contributed by atoms with Gasteiger partial charge in [0.2, 0.25) is 5.91 Å². The average molecular weight is 784 g/mol. The zero-order valence-corrected chi connectivity index (χ0v) is 35.7. The lowest BCUT2D eigenvalue weighted by atomic mass is 9.99. The Balaban J connectivity index is 2.29. The Morgan fingerprint density at radius 3 is 1.42 bits per heavy atom. The summed E-state index contributed by atoms with van der Waals surface area (Å²) in [6.45, 7) is 3.78. The first-order valence-electron chi connectivity index (χ1n) is 23.4. The summed E-state index contributed by atoms with van der Waals surface area (Å²) in [5, 5.41) is 54.1. The molecule has 0 bridgehead atoms. The fraction of sp³-hybridized carbons (Fsp3) is 0.935. The maximum atomic E-state index is 12.9. The molecule has 1 fully saturated rings. The van der Waals surface area contributed by atoms with Crippen molar-refractivity contribution in [1.29, 1.82) is 0 Å². The van der Waals surface area contributed by atoms with Crippen LogP contribution in [0.1, 0.15) is 219 Å². The minimum atomic E-state index is -1.56. The molecule has 6 N–H and O–H groups in total. The Kier molecular flexibility index (Phi) is 35.2. The molecule has 9 nitrogen and oxygen atoms in total. The summed E-state index contributed by atoms with van der Waals surface area (Å²) >= 11 is 0. The highest BCUT2D eigenvalue weighted by Gasteiger charge is 2.44. The summed E-state index contributed by atoms with van der Waals surface area (Å²) in [4.78, 5) is 12.9. The second-order valence-electron chi connectivity index (χ2n) is 16.6. The predicted molar refractivity (Wildman–Crippen MR) is 226 cm³/mol. The summed E-state index contributed by atoms with van der Waals surface area (Å²) in [5.41, 5.74) is 0. The van der Waals surface area contributed by atoms with Crippen molar-refractivity contribution in [2.75, 3.05) is 13.2 Å². The number of unbranched alkanes of at least 4 members (excludes halogenated alkanes) is 29. The van der Waals surface area contributed by atoms with Crippen LogP contribution in [-0.4, -0.2) is 87.5 Å². The van der Waals surface area contributed by atoms with Crippen LogP contribution in [-0.2, 0) is 14.3 Å². The zero-order chi connectivity index (χ0) is 40.2. The molecule has 0 aromatic rings. The molecule has 0 spiro atoms. The number of rotatable bonds is 39. The van der Waals surface area contributed by atoms with Crippen molar-refractivity contribution in [3.05, 3.63) is 12.2 Å². The highest BCUT2D eigenvalue weighted by atomic mass is 16.7. The van der Waals surface area contributed by atoms with Gasteiger partial charge in [-0.15, -0.1) is 0 Å². The Bertz CT molecular complexity index is 873. The van der Waals surface area contributed by atoms with Gasteiger partial charge in [-0.05, 0) is 19.3 Å². The van der Waals surface area contributed by atoms with Gasteiger partial charge in [0.15, 0.2) is 6.29 Å². The van der Waals surface area contributed by atoms with Gasteiger partial charge in [-0.25, -0.2) is 0 Å². The van der Waals surface area contributed by atoms with Gasteiger partial charge >= 0.3 is 0 Å². The van der Waals surface area contributed by atoms with Crippen molar-refractivity contribution in [2.24, 2.45) is 0 Å². The van der Waals surface area contributed by atoms with Gasteiger partial charge in [-0.1, -0.05) is 206 Å². The molecular formula is C46H89NO8. The molecule has 1 rings (SSSR count). The van der Waals surface area contributed by atoms with E-state index in [1.165, 1.54) is 161 Å². The lowest BCUT2D eigenvalue weighted by Gasteiger charge is -2.40. The molecule has 7 atom stereocenters. The van der Waals surface area contributed by atoms with Crippen LogP contribution in [0, 0.1) is 0 Å². The van der Waals surface area contributed by atoms with E-state index >= 15 is 0 Å². The fourth-order valence-corrected chi connectivity index (χ4v) is 7.57. The number of carbonyl (C=O) groups is 1. The lowest BCUT2D eigenvalue weighted by Crippen LogP contribution is -2.60. The number of amides is 1. The van der Waals surface area contributed by atoms with Crippen molar-refractivity contribution in [3.63, 3.8) is 0 Å². The molecule has 0 aliphatic carbocycles. The summed E-state index contributed by atoms with van der Waals surface area (Å²) in [6, 6.07) is -0.797. The number of ether oxygens (including phenoxy) is 2. The molecule has 2 unspecified atom stereocenters. The fourth-order valence-electron chi connectivity index (χ4n) is 7.57. The standard InChI is InChI=1S/C46H89NO8/c1-3-5-7-9-11-13-15-17-18-19-20-21-22-23-24-26-28-30-32-34-36-42(50)47-39(38-54-46-45(53)44(52)43(51)41(37-48)55-46)40(49)35-33-31-29-27-25-16-14-12-10-8-6-4-2/h33,35,39-41,43-46,48-49,51-53H,3-32,34,36-38H2,1-2H3,(H,47,50)/b35-33+/t39-,40+,41-,43-,44?,45?,46-/m0/s1. The van der Waals surface area contributed by atoms with E-state index in [9.17, 15) is 30.3 Å². The van der Waals surface area contributed by atoms with E-state index in [0.29, 0.717) is 6.42 Å². The summed E-state index contributed by atoms with van der Waals surface area (Å²) < 4.78 is 11.2. The minimum absolute atomic E-state index is 0.174. The monoisotopic (exact) mass is 784 g/mol. The van der Waals surface area contributed by atoms with Crippen LogP contribution in [0.2, 0.25) is 0 Å². The van der Waals surface area contributed by atoms with E-state index < -0.39 is 49.5 Å². The maximum Gasteiger partial charge on any atom is 0.220 e. The van der Waals surface area contributed by atoms with Crippen molar-refractivity contribution < 1.29 is 39.8 Å². The summed E-state index contributed by atoms with van der Waals surface area (Å²) in [5.74, 6) is -0.174. The van der Waals surface area contributed by atoms with E-state index in [2.05, 4.69) is 19.2 Å². The summed E-state index contributed by atoms with van der Waals surface area (Å²) in [7, 11) is 0. The van der Waals surface area contributed by atoms with Gasteiger partial charge in [0.05, 0.1) is 25.4 Å². The first kappa shape index (κ1) is 51.9. The molecule has 9 heteroatoms. The Morgan fingerprint density at radius 2 is 1.00 bits per heavy atom. The second-order valence-corrected chi connectivity index (χ2v) is 16.6. The molecular weight excluding hydrogens is 695 g/mol. The van der Waals surface area contributed by atoms with Crippen LogP contribution in [0.3, 0.4) is 0 Å². The molecule has 55 heavy (non-hydrogen) atoms. The van der Waals surface area contributed by atoms with Gasteiger partial charge in [-0.2, -0.15) is 0 Å². The molecule has 0 aromatic heterocycles. The number of hydrogen-bond donors (Lipinski definition) is 6. The second kappa shape index (κ2) is 37.2. The first-order valence-corrected chi connectivity index (χ1v) is 23.4. The highest BCUT2D eigenvalue weighted by Crippen LogP contribution is 2.23. The third kappa shape index (κ3) is 28.1. The van der Waals surface area contributed by atoms with Gasteiger partial charge in [0.1, 0.15) is 24.4 Å². The third-order valence-electron chi connectivity index (χ3n) is 11.4. The molecule has 0 radical (unpaired) electrons. The minimum Gasteiger partial charge on any atom is -0.394 e. The zero-order valence-electron chi connectivity index (χ0n) is 35.7. The van der Waals surface area contributed by atoms with Crippen molar-refractivity contribution in [1.82, 2.24) is 5.32 Å². The molecule has 1 heterocycles. The smallest absolute Gasteiger partial charge is 0.220 e. The van der Waals surface area contributed by atoms with E-state index in [1.807, 2.05) is 6.08 Å². The molecule has 326 valence electrons. The third-order valence-corrected chi connectivity index (χ3v) is 11.4. The molecule has 1 amide bonds. The van der Waals surface area contributed by atoms with Gasteiger partial charge in [-0.3, -0.25) is 4.79 Å². The molecule has 1 saturated heterocycles. The quantitative estimate of drug-likeness (QED) is 0.0267. The van der Waals surface area contributed by atoms with E-state index in [1.54, 1.807) is 6.08 Å². The van der Waals surface area contributed by atoms with E-state index in [0.717, 1.165) is 38.5 Å². The number of aliphatic hydroxyl groups is 5. The van der Waals surface area contributed by atoms with Gasteiger partial charge < -0.3 is 40.3 Å². The SMILES string of the molecule is CCCCCCCCCCCC/C=C/[C@@H](O)[C@H](CO[C@H]1O[C@@H](CO)[C@H](O)C(O)C1O)NC(=O)CCCCCCCCCCCCCCCCCCCCCC. The van der Waals surface area contributed by atoms with Crippen LogP contribution < -0.4 is 5.32 Å². The predicted octanol–water partition coefficient (Wildman–Crippen LogP) is 9.73. The number of carbonyl (C=O) groups excluding carboxylic acids is 1. The summed E-state index contributed by atoms with van der Waals surface area (Å²) in [6.07, 6.45) is 35.4. The van der Waals surface area contributed by atoms with Crippen LogP contribution >= 0.6 is 0 Å². The van der Waals surface area contributed by atoms with Gasteiger partial charge in [0.25, 0.3) is 0 Å². The van der Waals surface area contributed by atoms with E-state index in [4.69, 9.17) is 9.47 Å². The number of allylic oxidation sites excluding steroid dienone is 1. The van der Waals surface area contributed by atoms with Crippen LogP contribution in [0.25, 0.3) is 0 Å². The Labute approximate surface area is 337 Å². The first-order chi connectivity index (χ1) is 26.8.